The summed E-state index contributed by atoms with van der Waals surface area (Å²) in [6, 6.07) is 3.30. The highest BCUT2D eigenvalue weighted by Crippen LogP contribution is 2.30. The van der Waals surface area contributed by atoms with E-state index in [0.29, 0.717) is 30.6 Å². The Morgan fingerprint density at radius 1 is 1.35 bits per heavy atom. The Balaban J connectivity index is 2.11. The number of anilines is 1. The Kier molecular flexibility index (Phi) is 4.97. The van der Waals surface area contributed by atoms with E-state index in [4.69, 9.17) is 0 Å². The molecule has 0 amide bonds. The molecule has 2 rings (SSSR count). The van der Waals surface area contributed by atoms with E-state index in [9.17, 15) is 8.78 Å². The van der Waals surface area contributed by atoms with Crippen molar-refractivity contribution >= 4 is 5.69 Å². The molecule has 1 aliphatic heterocycles. The predicted octanol–water partition coefficient (Wildman–Crippen LogP) is 3.49. The number of nitrogens with zero attached hydrogens (tertiary/aromatic N) is 1. The molecule has 1 aromatic rings. The van der Waals surface area contributed by atoms with Crippen LogP contribution >= 0.6 is 0 Å². The van der Waals surface area contributed by atoms with Crippen LogP contribution in [0.2, 0.25) is 0 Å². The molecule has 2 atom stereocenters. The molecule has 1 heterocycles. The van der Waals surface area contributed by atoms with Crippen molar-refractivity contribution in [1.29, 1.82) is 0 Å². The zero-order chi connectivity index (χ0) is 14.7. The molecular formula is C16H24F2N2. The summed E-state index contributed by atoms with van der Waals surface area (Å²) in [6.45, 7) is 8.36. The fraction of sp³-hybridized carbons (Fsp3) is 0.625. The zero-order valence-electron chi connectivity index (χ0n) is 12.5. The van der Waals surface area contributed by atoms with Gasteiger partial charge in [0.05, 0.1) is 0 Å². The van der Waals surface area contributed by atoms with Crippen LogP contribution in [-0.2, 0) is 0 Å². The summed E-state index contributed by atoms with van der Waals surface area (Å²) >= 11 is 0. The first-order valence-electron chi connectivity index (χ1n) is 7.47. The van der Waals surface area contributed by atoms with Gasteiger partial charge < -0.3 is 10.2 Å². The number of rotatable bonds is 4. The molecule has 0 radical (unpaired) electrons. The number of hydrogen-bond acceptors (Lipinski definition) is 2. The van der Waals surface area contributed by atoms with Crippen LogP contribution in [0.1, 0.15) is 32.3 Å². The maximum Gasteiger partial charge on any atom is 0.152 e. The van der Waals surface area contributed by atoms with Gasteiger partial charge in [-0.1, -0.05) is 19.9 Å². The molecule has 0 spiro atoms. The Morgan fingerprint density at radius 3 is 2.75 bits per heavy atom. The van der Waals surface area contributed by atoms with Crippen LogP contribution in [0.25, 0.3) is 0 Å². The van der Waals surface area contributed by atoms with Crippen LogP contribution in [0.15, 0.2) is 12.1 Å². The Morgan fingerprint density at radius 2 is 2.10 bits per heavy atom. The molecule has 4 heteroatoms. The van der Waals surface area contributed by atoms with Gasteiger partial charge >= 0.3 is 0 Å². The van der Waals surface area contributed by atoms with Crippen molar-refractivity contribution in [3.63, 3.8) is 0 Å². The van der Waals surface area contributed by atoms with Crippen molar-refractivity contribution in [3.05, 3.63) is 29.3 Å². The third kappa shape index (κ3) is 3.11. The normalized spacial score (nSPS) is 23.1. The van der Waals surface area contributed by atoms with Gasteiger partial charge in [-0.25, -0.2) is 8.78 Å². The minimum atomic E-state index is -0.458. The lowest BCUT2D eigenvalue weighted by molar-refractivity contribution is 0.319. The number of aryl methyl sites for hydroxylation is 1. The SMILES string of the molecule is CCCNC1CCN(c2c(F)ccc(C)c2F)CC1C. The van der Waals surface area contributed by atoms with Gasteiger partial charge in [-0.15, -0.1) is 0 Å². The van der Waals surface area contributed by atoms with Gasteiger partial charge in [0.1, 0.15) is 11.5 Å². The second kappa shape index (κ2) is 6.53. The van der Waals surface area contributed by atoms with E-state index in [1.54, 1.807) is 6.92 Å². The van der Waals surface area contributed by atoms with Crippen LogP contribution in [0.3, 0.4) is 0 Å². The molecule has 1 N–H and O–H groups in total. The molecule has 1 aromatic carbocycles. The first-order valence-corrected chi connectivity index (χ1v) is 7.47. The first-order chi connectivity index (χ1) is 9.54. The molecule has 1 aliphatic rings. The summed E-state index contributed by atoms with van der Waals surface area (Å²) in [7, 11) is 0. The summed E-state index contributed by atoms with van der Waals surface area (Å²) < 4.78 is 28.1. The van der Waals surface area contributed by atoms with Gasteiger partial charge in [0.2, 0.25) is 0 Å². The lowest BCUT2D eigenvalue weighted by Gasteiger charge is -2.39. The summed E-state index contributed by atoms with van der Waals surface area (Å²) in [5.74, 6) is -0.493. The average molecular weight is 282 g/mol. The van der Waals surface area contributed by atoms with Crippen molar-refractivity contribution in [2.24, 2.45) is 5.92 Å². The average Bonchev–Trinajstić information content (AvgIpc) is 2.42. The van der Waals surface area contributed by atoms with E-state index in [1.165, 1.54) is 12.1 Å². The highest BCUT2D eigenvalue weighted by molar-refractivity contribution is 5.52. The summed E-state index contributed by atoms with van der Waals surface area (Å²) in [4.78, 5) is 1.85. The van der Waals surface area contributed by atoms with Gasteiger partial charge in [0.25, 0.3) is 0 Å². The summed E-state index contributed by atoms with van der Waals surface area (Å²) in [5, 5.41) is 3.52. The predicted molar refractivity (Wildman–Crippen MR) is 79.2 cm³/mol. The largest absolute Gasteiger partial charge is 0.366 e. The maximum atomic E-state index is 14.2. The number of nitrogens with one attached hydrogen (secondary N) is 1. The van der Waals surface area contributed by atoms with Gasteiger partial charge in [-0.2, -0.15) is 0 Å². The minimum Gasteiger partial charge on any atom is -0.366 e. The van der Waals surface area contributed by atoms with Crippen molar-refractivity contribution < 1.29 is 8.78 Å². The highest BCUT2D eigenvalue weighted by atomic mass is 19.1. The third-order valence-corrected chi connectivity index (χ3v) is 4.14. The van der Waals surface area contributed by atoms with Gasteiger partial charge in [-0.3, -0.25) is 0 Å². The van der Waals surface area contributed by atoms with Crippen LogP contribution in [-0.4, -0.2) is 25.7 Å². The second-order valence-corrected chi connectivity index (χ2v) is 5.80. The smallest absolute Gasteiger partial charge is 0.152 e. The maximum absolute atomic E-state index is 14.2. The summed E-state index contributed by atoms with van der Waals surface area (Å²) in [5.41, 5.74) is 0.645. The fourth-order valence-electron chi connectivity index (χ4n) is 2.91. The molecule has 2 unspecified atom stereocenters. The summed E-state index contributed by atoms with van der Waals surface area (Å²) in [6.07, 6.45) is 2.03. The molecule has 0 aromatic heterocycles. The van der Waals surface area contributed by atoms with E-state index in [-0.39, 0.29) is 5.69 Å². The molecule has 0 saturated carbocycles. The van der Waals surface area contributed by atoms with E-state index in [0.717, 1.165) is 19.4 Å². The Labute approximate surface area is 120 Å². The van der Waals surface area contributed by atoms with Gasteiger partial charge in [0, 0.05) is 19.1 Å². The van der Waals surface area contributed by atoms with Crippen molar-refractivity contribution in [2.75, 3.05) is 24.5 Å². The van der Waals surface area contributed by atoms with E-state index < -0.39 is 11.6 Å². The number of halogens is 2. The van der Waals surface area contributed by atoms with Crippen molar-refractivity contribution in [1.82, 2.24) is 5.32 Å². The topological polar surface area (TPSA) is 15.3 Å². The van der Waals surface area contributed by atoms with Crippen LogP contribution < -0.4 is 10.2 Å². The molecule has 0 aliphatic carbocycles. The quantitative estimate of drug-likeness (QED) is 0.909. The molecule has 1 fully saturated rings. The highest BCUT2D eigenvalue weighted by Gasteiger charge is 2.28. The molecule has 0 bridgehead atoms. The van der Waals surface area contributed by atoms with Crippen LogP contribution in [0.4, 0.5) is 14.5 Å². The molecule has 2 nitrogen and oxygen atoms in total. The van der Waals surface area contributed by atoms with E-state index in [1.807, 2.05) is 4.90 Å². The number of hydrogen-bond donors (Lipinski definition) is 1. The van der Waals surface area contributed by atoms with Crippen LogP contribution in [0.5, 0.6) is 0 Å². The first kappa shape index (κ1) is 15.2. The second-order valence-electron chi connectivity index (χ2n) is 5.80. The van der Waals surface area contributed by atoms with E-state index in [2.05, 4.69) is 19.2 Å². The lowest BCUT2D eigenvalue weighted by atomic mass is 9.93. The standard InChI is InChI=1S/C16H24F2N2/c1-4-8-19-14-7-9-20(10-12(14)3)16-13(17)6-5-11(2)15(16)18/h5-6,12,14,19H,4,7-10H2,1-3H3. The number of benzene rings is 1. The van der Waals surface area contributed by atoms with Crippen molar-refractivity contribution in [2.45, 2.75) is 39.7 Å². The Bertz CT molecular complexity index is 462. The van der Waals surface area contributed by atoms with Gasteiger partial charge in [-0.05, 0) is 43.9 Å². The molecule has 112 valence electrons. The van der Waals surface area contributed by atoms with Crippen molar-refractivity contribution in [3.8, 4) is 0 Å². The molecule has 20 heavy (non-hydrogen) atoms. The van der Waals surface area contributed by atoms with E-state index >= 15 is 0 Å². The zero-order valence-corrected chi connectivity index (χ0v) is 12.5. The fourth-order valence-corrected chi connectivity index (χ4v) is 2.91. The Hall–Kier alpha value is -1.16. The van der Waals surface area contributed by atoms with Gasteiger partial charge in [0.15, 0.2) is 5.82 Å². The molecule has 1 saturated heterocycles. The van der Waals surface area contributed by atoms with Crippen LogP contribution in [0, 0.1) is 24.5 Å². The molecular weight excluding hydrogens is 258 g/mol. The lowest BCUT2D eigenvalue weighted by Crippen LogP contribution is -2.49. The third-order valence-electron chi connectivity index (χ3n) is 4.14. The monoisotopic (exact) mass is 282 g/mol. The minimum absolute atomic E-state index is 0.144. The number of piperidine rings is 1.